The maximum Gasteiger partial charge on any atom is 0.408 e. The highest BCUT2D eigenvalue weighted by atomic mass is 35.5. The number of alkyl halides is 1. The Morgan fingerprint density at radius 3 is 2.60 bits per heavy atom. The van der Waals surface area contributed by atoms with Crippen molar-refractivity contribution in [2.24, 2.45) is 5.16 Å². The van der Waals surface area contributed by atoms with E-state index in [1.165, 1.54) is 0 Å². The van der Waals surface area contributed by atoms with Crippen LogP contribution in [-0.2, 0) is 16.2 Å². The van der Waals surface area contributed by atoms with Gasteiger partial charge in [0.05, 0.1) is 17.7 Å². The first-order chi connectivity index (χ1) is 11.8. The number of hydrogen-bond donors (Lipinski definition) is 1. The van der Waals surface area contributed by atoms with Crippen molar-refractivity contribution in [3.05, 3.63) is 35.9 Å². The molecule has 1 amide bonds. The zero-order valence-electron chi connectivity index (χ0n) is 14.8. The number of hydrogen-bond acceptors (Lipinski definition) is 5. The molecule has 0 aliphatic heterocycles. The lowest BCUT2D eigenvalue weighted by molar-refractivity contribution is 0.0514. The van der Waals surface area contributed by atoms with Gasteiger partial charge in [-0.1, -0.05) is 35.5 Å². The van der Waals surface area contributed by atoms with Gasteiger partial charge in [-0.3, -0.25) is 0 Å². The summed E-state index contributed by atoms with van der Waals surface area (Å²) in [6.07, 6.45) is 0.186. The van der Waals surface area contributed by atoms with E-state index in [2.05, 4.69) is 10.5 Å². The van der Waals surface area contributed by atoms with Crippen molar-refractivity contribution in [1.82, 2.24) is 5.32 Å². The molecule has 1 rings (SSSR count). The fourth-order valence-corrected chi connectivity index (χ4v) is 2.02. The number of amides is 1. The molecule has 6 nitrogen and oxygen atoms in total. The lowest BCUT2D eigenvalue weighted by Gasteiger charge is -2.21. The molecule has 1 atom stereocenters. The predicted molar refractivity (Wildman–Crippen MR) is 97.4 cm³/mol. The second kappa shape index (κ2) is 10.6. The van der Waals surface area contributed by atoms with Gasteiger partial charge < -0.3 is 14.9 Å². The van der Waals surface area contributed by atoms with Crippen LogP contribution >= 0.6 is 11.6 Å². The molecule has 1 aromatic rings. The Labute approximate surface area is 153 Å². The van der Waals surface area contributed by atoms with Gasteiger partial charge in [0.25, 0.3) is 0 Å². The van der Waals surface area contributed by atoms with Crippen LogP contribution in [0.4, 0.5) is 4.79 Å². The molecule has 0 radical (unpaired) electrons. The summed E-state index contributed by atoms with van der Waals surface area (Å²) >= 11 is 5.86. The third-order valence-electron chi connectivity index (χ3n) is 2.99. The van der Waals surface area contributed by atoms with Crippen molar-refractivity contribution in [3.63, 3.8) is 0 Å². The molecule has 0 aromatic heterocycles. The van der Waals surface area contributed by atoms with Gasteiger partial charge in [-0.2, -0.15) is 5.26 Å². The van der Waals surface area contributed by atoms with Crippen molar-refractivity contribution in [2.45, 2.75) is 51.9 Å². The van der Waals surface area contributed by atoms with E-state index < -0.39 is 17.7 Å². The van der Waals surface area contributed by atoms with Gasteiger partial charge in [-0.25, -0.2) is 4.79 Å². The number of benzene rings is 1. The van der Waals surface area contributed by atoms with Crippen LogP contribution < -0.4 is 5.32 Å². The Morgan fingerprint density at radius 2 is 2.04 bits per heavy atom. The topological polar surface area (TPSA) is 83.7 Å². The van der Waals surface area contributed by atoms with Crippen LogP contribution in [-0.4, -0.2) is 29.3 Å². The molecular weight excluding hydrogens is 342 g/mol. The summed E-state index contributed by atoms with van der Waals surface area (Å²) in [7, 11) is 0. The van der Waals surface area contributed by atoms with Gasteiger partial charge in [-0.15, -0.1) is 11.6 Å². The van der Waals surface area contributed by atoms with Crippen LogP contribution in [0.5, 0.6) is 0 Å². The normalized spacial score (nSPS) is 12.8. The quantitative estimate of drug-likeness (QED) is 0.428. The summed E-state index contributed by atoms with van der Waals surface area (Å²) in [5, 5.41) is 15.7. The van der Waals surface area contributed by atoms with E-state index in [0.29, 0.717) is 25.2 Å². The predicted octanol–water partition coefficient (Wildman–Crippen LogP) is 4.00. The highest BCUT2D eigenvalue weighted by Gasteiger charge is 2.19. The number of alkyl carbamates (subject to hydrolysis) is 1. The summed E-state index contributed by atoms with van der Waals surface area (Å²) in [5.41, 5.74) is 1.00. The van der Waals surface area contributed by atoms with Crippen LogP contribution in [0.25, 0.3) is 0 Å². The first-order valence-electron chi connectivity index (χ1n) is 8.01. The van der Waals surface area contributed by atoms with Crippen LogP contribution in [0.1, 0.15) is 39.2 Å². The first kappa shape index (κ1) is 20.8. The highest BCUT2D eigenvalue weighted by molar-refractivity contribution is 6.28. The Bertz CT molecular complexity index is 606. The van der Waals surface area contributed by atoms with Crippen molar-refractivity contribution in [2.75, 3.05) is 5.88 Å². The molecule has 0 aliphatic rings. The fourth-order valence-electron chi connectivity index (χ4n) is 1.84. The summed E-state index contributed by atoms with van der Waals surface area (Å²) < 4.78 is 5.13. The van der Waals surface area contributed by atoms with E-state index in [1.807, 2.05) is 36.4 Å². The third-order valence-corrected chi connectivity index (χ3v) is 3.30. The van der Waals surface area contributed by atoms with Gasteiger partial charge in [0.1, 0.15) is 18.2 Å². The number of carbonyl (C=O) groups is 1. The number of nitriles is 1. The summed E-state index contributed by atoms with van der Waals surface area (Å²) in [6.45, 7) is 5.63. The number of carbonyl (C=O) groups excluding carboxylic acids is 1. The van der Waals surface area contributed by atoms with E-state index in [4.69, 9.17) is 26.4 Å². The van der Waals surface area contributed by atoms with E-state index in [1.54, 1.807) is 20.8 Å². The van der Waals surface area contributed by atoms with Crippen molar-refractivity contribution < 1.29 is 14.4 Å². The minimum Gasteiger partial charge on any atom is -0.444 e. The maximum atomic E-state index is 11.7. The van der Waals surface area contributed by atoms with Crippen LogP contribution in [0.3, 0.4) is 0 Å². The van der Waals surface area contributed by atoms with Crippen molar-refractivity contribution in [3.8, 4) is 6.07 Å². The van der Waals surface area contributed by atoms with E-state index in [-0.39, 0.29) is 5.88 Å². The Morgan fingerprint density at radius 1 is 1.36 bits per heavy atom. The number of nitrogens with zero attached hydrogens (tertiary/aromatic N) is 2. The SMILES string of the molecule is CC(C)(C)OC(=O)N[C@H](C#N)CCC(CCl)=NOCc1ccccc1. The number of halogens is 1. The van der Waals surface area contributed by atoms with E-state index >= 15 is 0 Å². The van der Waals surface area contributed by atoms with E-state index in [9.17, 15) is 4.79 Å². The lowest BCUT2D eigenvalue weighted by atomic mass is 10.1. The summed E-state index contributed by atoms with van der Waals surface area (Å²) in [4.78, 5) is 17.0. The van der Waals surface area contributed by atoms with Gasteiger partial charge in [0, 0.05) is 0 Å². The monoisotopic (exact) mass is 365 g/mol. The lowest BCUT2D eigenvalue weighted by Crippen LogP contribution is -2.38. The van der Waals surface area contributed by atoms with Crippen LogP contribution in [0.2, 0.25) is 0 Å². The zero-order valence-corrected chi connectivity index (χ0v) is 15.5. The third kappa shape index (κ3) is 9.58. The van der Waals surface area contributed by atoms with E-state index in [0.717, 1.165) is 5.56 Å². The number of nitrogens with one attached hydrogen (secondary N) is 1. The molecule has 0 aliphatic carbocycles. The maximum absolute atomic E-state index is 11.7. The number of rotatable bonds is 8. The molecule has 0 bridgehead atoms. The smallest absolute Gasteiger partial charge is 0.408 e. The number of ether oxygens (including phenoxy) is 1. The molecule has 0 fully saturated rings. The molecule has 25 heavy (non-hydrogen) atoms. The van der Waals surface area contributed by atoms with Gasteiger partial charge in [-0.05, 0) is 39.2 Å². The second-order valence-electron chi connectivity index (χ2n) is 6.42. The molecule has 1 aromatic carbocycles. The fraction of sp³-hybridized carbons (Fsp3) is 0.500. The molecular formula is C18H24ClN3O3. The van der Waals surface area contributed by atoms with Gasteiger partial charge >= 0.3 is 6.09 Å². The van der Waals surface area contributed by atoms with Crippen LogP contribution in [0, 0.1) is 11.3 Å². The van der Waals surface area contributed by atoms with Crippen molar-refractivity contribution >= 4 is 23.4 Å². The Balaban J connectivity index is 2.44. The number of oxime groups is 1. The molecule has 0 unspecified atom stereocenters. The zero-order chi connectivity index (χ0) is 18.7. The molecule has 136 valence electrons. The molecule has 1 N–H and O–H groups in total. The average Bonchev–Trinajstić information content (AvgIpc) is 2.55. The molecule has 0 heterocycles. The Kier molecular flexibility index (Phi) is 8.79. The summed E-state index contributed by atoms with van der Waals surface area (Å²) in [5.74, 6) is 0.194. The minimum atomic E-state index is -0.683. The average molecular weight is 366 g/mol. The standard InChI is InChI=1S/C18H24ClN3O3/c1-18(2,3)25-17(23)21-16(12-20)10-9-15(11-19)22-24-13-14-7-5-4-6-8-14/h4-8,16H,9-11,13H2,1-3H3,(H,21,23)/t16-/m0/s1. The highest BCUT2D eigenvalue weighted by Crippen LogP contribution is 2.08. The molecule has 0 saturated carbocycles. The van der Waals surface area contributed by atoms with Crippen molar-refractivity contribution in [1.29, 1.82) is 5.26 Å². The van der Waals surface area contributed by atoms with Crippen LogP contribution in [0.15, 0.2) is 35.5 Å². The first-order valence-corrected chi connectivity index (χ1v) is 8.54. The van der Waals surface area contributed by atoms with Gasteiger partial charge in [0.2, 0.25) is 0 Å². The Hall–Kier alpha value is -2.26. The van der Waals surface area contributed by atoms with Gasteiger partial charge in [0.15, 0.2) is 0 Å². The second-order valence-corrected chi connectivity index (χ2v) is 6.68. The minimum absolute atomic E-state index is 0.194. The molecule has 0 spiro atoms. The summed E-state index contributed by atoms with van der Waals surface area (Å²) in [6, 6.07) is 11.0. The largest absolute Gasteiger partial charge is 0.444 e. The molecule has 0 saturated heterocycles. The molecule has 7 heteroatoms.